The Morgan fingerprint density at radius 3 is 2.70 bits per heavy atom. The molecule has 30 heavy (non-hydrogen) atoms. The predicted octanol–water partition coefficient (Wildman–Crippen LogP) is 3.48. The van der Waals surface area contributed by atoms with Gasteiger partial charge in [-0.25, -0.2) is 4.39 Å². The summed E-state index contributed by atoms with van der Waals surface area (Å²) in [5.74, 6) is -1.19. The number of carbonyl (C=O) groups excluding carboxylic acids is 2. The van der Waals surface area contributed by atoms with Crippen LogP contribution in [0, 0.1) is 5.82 Å². The van der Waals surface area contributed by atoms with Crippen molar-refractivity contribution in [1.29, 1.82) is 0 Å². The Kier molecular flexibility index (Phi) is 7.89. The molecular formula is C20H19FN4O3S2. The van der Waals surface area contributed by atoms with Crippen molar-refractivity contribution >= 4 is 40.6 Å². The molecule has 3 aromatic rings. The molecule has 0 saturated carbocycles. The Morgan fingerprint density at radius 1 is 1.17 bits per heavy atom. The molecule has 3 rings (SSSR count). The lowest BCUT2D eigenvalue weighted by Crippen LogP contribution is -2.27. The first-order valence-electron chi connectivity index (χ1n) is 8.90. The predicted molar refractivity (Wildman–Crippen MR) is 114 cm³/mol. The molecule has 2 aromatic carbocycles. The number of amides is 2. The maximum Gasteiger partial charge on any atom is 0.286 e. The number of benzene rings is 2. The zero-order valence-electron chi connectivity index (χ0n) is 16.1. The smallest absolute Gasteiger partial charge is 0.286 e. The third-order valence-corrected chi connectivity index (χ3v) is 5.49. The molecule has 0 aliphatic rings. The number of ether oxygens (including phenoxy) is 1. The molecule has 1 heterocycles. The molecule has 10 heteroatoms. The molecule has 2 amide bonds. The summed E-state index contributed by atoms with van der Waals surface area (Å²) in [6.45, 7) is 0.341. The van der Waals surface area contributed by atoms with Crippen LogP contribution in [-0.4, -0.2) is 34.9 Å². The quantitative estimate of drug-likeness (QED) is 0.489. The zero-order chi connectivity index (χ0) is 21.3. The third-order valence-electron chi connectivity index (χ3n) is 3.85. The molecule has 1 aromatic heterocycles. The van der Waals surface area contributed by atoms with E-state index in [9.17, 15) is 14.0 Å². The molecule has 156 valence electrons. The Bertz CT molecular complexity index is 1010. The number of hydrogen-bond donors (Lipinski definition) is 2. The van der Waals surface area contributed by atoms with Crippen LogP contribution < -0.4 is 10.6 Å². The SMILES string of the molecule is CSc1ccc(CNC(=O)COCc2nnc(C(=O)Nc3cccc(F)c3)s2)cc1. The zero-order valence-corrected chi connectivity index (χ0v) is 17.7. The van der Waals surface area contributed by atoms with Crippen LogP contribution in [-0.2, 0) is 22.7 Å². The van der Waals surface area contributed by atoms with Crippen molar-refractivity contribution in [3.05, 3.63) is 69.9 Å². The summed E-state index contributed by atoms with van der Waals surface area (Å²) in [7, 11) is 0. The molecule has 0 fully saturated rings. The van der Waals surface area contributed by atoms with Gasteiger partial charge in [0.2, 0.25) is 10.9 Å². The van der Waals surface area contributed by atoms with E-state index < -0.39 is 11.7 Å². The second-order valence-electron chi connectivity index (χ2n) is 6.08. The lowest BCUT2D eigenvalue weighted by molar-refractivity contribution is -0.126. The molecule has 0 unspecified atom stereocenters. The highest BCUT2D eigenvalue weighted by Gasteiger charge is 2.14. The number of nitrogens with one attached hydrogen (secondary N) is 2. The summed E-state index contributed by atoms with van der Waals surface area (Å²) in [5.41, 5.74) is 1.33. The van der Waals surface area contributed by atoms with E-state index in [1.165, 1.54) is 18.2 Å². The second-order valence-corrected chi connectivity index (χ2v) is 8.02. The maximum absolute atomic E-state index is 13.2. The van der Waals surface area contributed by atoms with Gasteiger partial charge in [0.15, 0.2) is 0 Å². The van der Waals surface area contributed by atoms with Crippen LogP contribution in [0.2, 0.25) is 0 Å². The van der Waals surface area contributed by atoms with Crippen LogP contribution >= 0.6 is 23.1 Å². The molecule has 0 aliphatic heterocycles. The van der Waals surface area contributed by atoms with Crippen molar-refractivity contribution in [2.75, 3.05) is 18.2 Å². The fraction of sp³-hybridized carbons (Fsp3) is 0.200. The van der Waals surface area contributed by atoms with E-state index in [-0.39, 0.29) is 24.1 Å². The minimum Gasteiger partial charge on any atom is -0.364 e. The van der Waals surface area contributed by atoms with Crippen LogP contribution in [0.15, 0.2) is 53.4 Å². The van der Waals surface area contributed by atoms with E-state index in [0.29, 0.717) is 17.2 Å². The minimum absolute atomic E-state index is 0.0563. The number of rotatable bonds is 9. The van der Waals surface area contributed by atoms with Gasteiger partial charge < -0.3 is 15.4 Å². The topological polar surface area (TPSA) is 93.2 Å². The summed E-state index contributed by atoms with van der Waals surface area (Å²) in [6, 6.07) is 13.5. The Morgan fingerprint density at radius 2 is 1.97 bits per heavy atom. The second kappa shape index (κ2) is 10.8. The van der Waals surface area contributed by atoms with Gasteiger partial charge in [-0.3, -0.25) is 9.59 Å². The van der Waals surface area contributed by atoms with E-state index in [0.717, 1.165) is 21.8 Å². The summed E-state index contributed by atoms with van der Waals surface area (Å²) in [6.07, 6.45) is 2.01. The summed E-state index contributed by atoms with van der Waals surface area (Å²) in [4.78, 5) is 25.2. The number of thioether (sulfide) groups is 1. The van der Waals surface area contributed by atoms with E-state index in [1.54, 1.807) is 17.8 Å². The van der Waals surface area contributed by atoms with Gasteiger partial charge in [0, 0.05) is 17.1 Å². The van der Waals surface area contributed by atoms with Gasteiger partial charge in [-0.2, -0.15) is 0 Å². The van der Waals surface area contributed by atoms with Crippen molar-refractivity contribution < 1.29 is 18.7 Å². The molecular weight excluding hydrogens is 427 g/mol. The summed E-state index contributed by atoms with van der Waals surface area (Å²) >= 11 is 2.70. The molecule has 7 nitrogen and oxygen atoms in total. The summed E-state index contributed by atoms with van der Waals surface area (Å²) < 4.78 is 18.5. The van der Waals surface area contributed by atoms with E-state index in [1.807, 2.05) is 30.5 Å². The van der Waals surface area contributed by atoms with Gasteiger partial charge in [0.1, 0.15) is 24.0 Å². The normalized spacial score (nSPS) is 10.6. The molecule has 0 bridgehead atoms. The highest BCUT2D eigenvalue weighted by molar-refractivity contribution is 7.98. The van der Waals surface area contributed by atoms with Crippen LogP contribution in [0.3, 0.4) is 0 Å². The molecule has 0 spiro atoms. The van der Waals surface area contributed by atoms with E-state index >= 15 is 0 Å². The third kappa shape index (κ3) is 6.61. The number of halogens is 1. The number of carbonyl (C=O) groups is 2. The Balaban J connectivity index is 1.40. The number of nitrogens with zero attached hydrogens (tertiary/aromatic N) is 2. The monoisotopic (exact) mass is 446 g/mol. The van der Waals surface area contributed by atoms with Gasteiger partial charge in [0.25, 0.3) is 5.91 Å². The van der Waals surface area contributed by atoms with E-state index in [4.69, 9.17) is 4.74 Å². The summed E-state index contributed by atoms with van der Waals surface area (Å²) in [5, 5.41) is 13.6. The number of anilines is 1. The standard InChI is InChI=1S/C20H19FN4O3S2/c1-29-16-7-5-13(6-8-16)10-22-17(26)11-28-12-18-24-25-20(30-18)19(27)23-15-4-2-3-14(21)9-15/h2-9H,10-12H2,1H3,(H,22,26)(H,23,27). The Hall–Kier alpha value is -2.82. The van der Waals surface area contributed by atoms with Crippen LogP contribution in [0.1, 0.15) is 20.4 Å². The van der Waals surface area contributed by atoms with Gasteiger partial charge in [0.05, 0.1) is 0 Å². The minimum atomic E-state index is -0.491. The van der Waals surface area contributed by atoms with Crippen molar-refractivity contribution in [2.24, 2.45) is 0 Å². The fourth-order valence-electron chi connectivity index (χ4n) is 2.38. The van der Waals surface area contributed by atoms with Crippen LogP contribution in [0.4, 0.5) is 10.1 Å². The molecule has 0 atom stereocenters. The highest BCUT2D eigenvalue weighted by atomic mass is 32.2. The molecule has 0 aliphatic carbocycles. The van der Waals surface area contributed by atoms with Crippen molar-refractivity contribution in [1.82, 2.24) is 15.5 Å². The lowest BCUT2D eigenvalue weighted by Gasteiger charge is -2.06. The van der Waals surface area contributed by atoms with Gasteiger partial charge in [-0.1, -0.05) is 29.5 Å². The molecule has 0 saturated heterocycles. The average Bonchev–Trinajstić information content (AvgIpc) is 3.22. The first-order valence-corrected chi connectivity index (χ1v) is 10.9. The molecule has 2 N–H and O–H groups in total. The largest absolute Gasteiger partial charge is 0.364 e. The lowest BCUT2D eigenvalue weighted by atomic mass is 10.2. The van der Waals surface area contributed by atoms with Crippen molar-refractivity contribution in [2.45, 2.75) is 18.0 Å². The number of aromatic nitrogens is 2. The van der Waals surface area contributed by atoms with E-state index in [2.05, 4.69) is 20.8 Å². The molecule has 0 radical (unpaired) electrons. The van der Waals surface area contributed by atoms with Crippen molar-refractivity contribution in [3.63, 3.8) is 0 Å². The fourth-order valence-corrected chi connectivity index (χ4v) is 3.46. The van der Waals surface area contributed by atoms with Gasteiger partial charge in [-0.05, 0) is 42.2 Å². The van der Waals surface area contributed by atoms with Gasteiger partial charge >= 0.3 is 0 Å². The first-order chi connectivity index (χ1) is 14.5. The van der Waals surface area contributed by atoms with Crippen LogP contribution in [0.5, 0.6) is 0 Å². The number of hydrogen-bond acceptors (Lipinski definition) is 7. The highest BCUT2D eigenvalue weighted by Crippen LogP contribution is 2.16. The Labute approximate surface area is 181 Å². The first kappa shape index (κ1) is 21.9. The average molecular weight is 447 g/mol. The van der Waals surface area contributed by atoms with Crippen LogP contribution in [0.25, 0.3) is 0 Å². The van der Waals surface area contributed by atoms with Gasteiger partial charge in [-0.15, -0.1) is 22.0 Å². The maximum atomic E-state index is 13.2. The van der Waals surface area contributed by atoms with Crippen molar-refractivity contribution in [3.8, 4) is 0 Å².